The van der Waals surface area contributed by atoms with Crippen LogP contribution in [0.15, 0.2) is 33.9 Å². The molecule has 20 heavy (non-hydrogen) atoms. The Balaban J connectivity index is 2.00. The van der Waals surface area contributed by atoms with Crippen LogP contribution in [-0.2, 0) is 16.4 Å². The molecule has 0 saturated heterocycles. The molecule has 1 N–H and O–H groups in total. The molecule has 1 aromatic heterocycles. The number of hydrogen-bond donors (Lipinski definition) is 1. The van der Waals surface area contributed by atoms with E-state index in [1.165, 1.54) is 12.1 Å². The van der Waals surface area contributed by atoms with E-state index in [-0.39, 0.29) is 18.0 Å². The Morgan fingerprint density at radius 3 is 2.50 bits per heavy atom. The van der Waals surface area contributed by atoms with Gasteiger partial charge in [-0.15, -0.1) is 5.10 Å². The molecule has 1 amide bonds. The molecule has 7 nitrogen and oxygen atoms in total. The van der Waals surface area contributed by atoms with Crippen molar-refractivity contribution in [3.05, 3.63) is 41.5 Å². The van der Waals surface area contributed by atoms with Gasteiger partial charge in [-0.05, 0) is 24.3 Å². The Bertz CT molecular complexity index is 724. The minimum absolute atomic E-state index is 0.0408. The smallest absolute Gasteiger partial charge is 0.335 e. The first-order chi connectivity index (χ1) is 9.36. The predicted molar refractivity (Wildman–Crippen MR) is 65.0 cm³/mol. The molecule has 0 aliphatic heterocycles. The van der Waals surface area contributed by atoms with Gasteiger partial charge in [0.1, 0.15) is 5.82 Å². The van der Waals surface area contributed by atoms with Crippen molar-refractivity contribution in [3.8, 4) is 0 Å². The standard InChI is InChI=1S/C11H10FN3O4S/c1-20(17,18)11-15-14-9(19-11)6-13-10(16)7-2-4-8(12)5-3-7/h2-5H,6H2,1H3,(H,13,16). The summed E-state index contributed by atoms with van der Waals surface area (Å²) in [5, 5.41) is 8.77. The Morgan fingerprint density at radius 1 is 1.30 bits per heavy atom. The van der Waals surface area contributed by atoms with E-state index in [9.17, 15) is 17.6 Å². The number of nitrogens with zero attached hydrogens (tertiary/aromatic N) is 2. The second-order valence-electron chi connectivity index (χ2n) is 3.92. The number of amides is 1. The largest absolute Gasteiger partial charge is 0.411 e. The Kier molecular flexibility index (Phi) is 3.79. The Hall–Kier alpha value is -2.29. The summed E-state index contributed by atoms with van der Waals surface area (Å²) in [4.78, 5) is 11.7. The number of carbonyl (C=O) groups excluding carboxylic acids is 1. The monoisotopic (exact) mass is 299 g/mol. The zero-order chi connectivity index (χ0) is 14.8. The average molecular weight is 299 g/mol. The summed E-state index contributed by atoms with van der Waals surface area (Å²) in [5.41, 5.74) is 0.259. The van der Waals surface area contributed by atoms with Gasteiger partial charge in [-0.3, -0.25) is 4.79 Å². The number of aromatic nitrogens is 2. The van der Waals surface area contributed by atoms with Gasteiger partial charge in [-0.2, -0.15) is 0 Å². The number of nitrogens with one attached hydrogen (secondary N) is 1. The van der Waals surface area contributed by atoms with Crippen LogP contribution in [0.2, 0.25) is 0 Å². The van der Waals surface area contributed by atoms with Gasteiger partial charge in [0, 0.05) is 11.8 Å². The van der Waals surface area contributed by atoms with E-state index < -0.39 is 26.8 Å². The van der Waals surface area contributed by atoms with E-state index >= 15 is 0 Å². The fraction of sp³-hybridized carbons (Fsp3) is 0.182. The van der Waals surface area contributed by atoms with Crippen molar-refractivity contribution in [1.29, 1.82) is 0 Å². The summed E-state index contributed by atoms with van der Waals surface area (Å²) < 4.78 is 39.8. The molecule has 0 aliphatic rings. The molecule has 0 spiro atoms. The van der Waals surface area contributed by atoms with Gasteiger partial charge in [0.25, 0.3) is 5.91 Å². The van der Waals surface area contributed by atoms with Gasteiger partial charge < -0.3 is 9.73 Å². The highest BCUT2D eigenvalue weighted by Gasteiger charge is 2.16. The highest BCUT2D eigenvalue weighted by molar-refractivity contribution is 7.90. The van der Waals surface area contributed by atoms with Gasteiger partial charge in [0.05, 0.1) is 6.54 Å². The number of rotatable bonds is 4. The number of halogens is 1. The van der Waals surface area contributed by atoms with E-state index in [4.69, 9.17) is 4.42 Å². The van der Waals surface area contributed by atoms with Crippen LogP contribution in [0.4, 0.5) is 4.39 Å². The molecular formula is C11H10FN3O4S. The Morgan fingerprint density at radius 2 is 1.95 bits per heavy atom. The average Bonchev–Trinajstić information content (AvgIpc) is 2.85. The molecule has 106 valence electrons. The van der Waals surface area contributed by atoms with E-state index in [1.54, 1.807) is 0 Å². The quantitative estimate of drug-likeness (QED) is 0.884. The first-order valence-corrected chi connectivity index (χ1v) is 7.31. The van der Waals surface area contributed by atoms with Crippen molar-refractivity contribution in [1.82, 2.24) is 15.5 Å². The molecule has 0 saturated carbocycles. The predicted octanol–water partition coefficient (Wildman–Crippen LogP) is 0.542. The number of carbonyl (C=O) groups is 1. The lowest BCUT2D eigenvalue weighted by Crippen LogP contribution is -2.22. The van der Waals surface area contributed by atoms with Gasteiger partial charge in [-0.1, -0.05) is 5.10 Å². The summed E-state index contributed by atoms with van der Waals surface area (Å²) in [5.74, 6) is -0.957. The van der Waals surface area contributed by atoms with Crippen LogP contribution < -0.4 is 5.32 Å². The maximum atomic E-state index is 12.7. The molecule has 1 aromatic carbocycles. The van der Waals surface area contributed by atoms with Crippen molar-refractivity contribution in [2.24, 2.45) is 0 Å². The summed E-state index contributed by atoms with van der Waals surface area (Å²) in [7, 11) is -3.57. The molecule has 0 bridgehead atoms. The first kappa shape index (κ1) is 14.1. The summed E-state index contributed by atoms with van der Waals surface area (Å²) >= 11 is 0. The molecule has 0 unspecified atom stereocenters. The lowest BCUT2D eigenvalue weighted by molar-refractivity contribution is 0.0946. The molecule has 0 radical (unpaired) electrons. The molecule has 0 atom stereocenters. The van der Waals surface area contributed by atoms with Crippen LogP contribution in [0.5, 0.6) is 0 Å². The third-order valence-electron chi connectivity index (χ3n) is 2.27. The second-order valence-corrected chi connectivity index (χ2v) is 5.82. The van der Waals surface area contributed by atoms with Gasteiger partial charge >= 0.3 is 5.22 Å². The molecule has 0 aliphatic carbocycles. The summed E-state index contributed by atoms with van der Waals surface area (Å²) in [6, 6.07) is 4.95. The van der Waals surface area contributed by atoms with Crippen molar-refractivity contribution in [2.75, 3.05) is 6.26 Å². The fourth-order valence-electron chi connectivity index (χ4n) is 1.32. The van der Waals surface area contributed by atoms with Crippen molar-refractivity contribution >= 4 is 15.7 Å². The van der Waals surface area contributed by atoms with Crippen LogP contribution in [0.1, 0.15) is 16.2 Å². The van der Waals surface area contributed by atoms with Crippen molar-refractivity contribution < 1.29 is 22.0 Å². The number of benzene rings is 1. The van der Waals surface area contributed by atoms with E-state index in [1.807, 2.05) is 0 Å². The molecule has 9 heteroatoms. The normalized spacial score (nSPS) is 11.3. The lowest BCUT2D eigenvalue weighted by Gasteiger charge is -2.01. The van der Waals surface area contributed by atoms with Crippen LogP contribution >= 0.6 is 0 Å². The van der Waals surface area contributed by atoms with Gasteiger partial charge in [0.15, 0.2) is 0 Å². The minimum Gasteiger partial charge on any atom is -0.411 e. The molecule has 2 aromatic rings. The second kappa shape index (κ2) is 5.37. The molecular weight excluding hydrogens is 289 g/mol. The van der Waals surface area contributed by atoms with E-state index in [0.29, 0.717) is 0 Å². The Labute approximate surface area is 113 Å². The highest BCUT2D eigenvalue weighted by Crippen LogP contribution is 2.07. The SMILES string of the molecule is CS(=O)(=O)c1nnc(CNC(=O)c2ccc(F)cc2)o1. The first-order valence-electron chi connectivity index (χ1n) is 5.42. The van der Waals surface area contributed by atoms with Crippen molar-refractivity contribution in [2.45, 2.75) is 11.8 Å². The zero-order valence-electron chi connectivity index (χ0n) is 10.3. The third-order valence-corrected chi connectivity index (χ3v) is 3.07. The summed E-state index contributed by atoms with van der Waals surface area (Å²) in [6.07, 6.45) is 0.932. The maximum Gasteiger partial charge on any atom is 0.335 e. The lowest BCUT2D eigenvalue weighted by atomic mass is 10.2. The molecule has 2 rings (SSSR count). The van der Waals surface area contributed by atoms with Gasteiger partial charge in [-0.25, -0.2) is 12.8 Å². The van der Waals surface area contributed by atoms with Crippen LogP contribution in [0.25, 0.3) is 0 Å². The molecule has 1 heterocycles. The topological polar surface area (TPSA) is 102 Å². The fourth-order valence-corrected chi connectivity index (χ4v) is 1.76. The number of hydrogen-bond acceptors (Lipinski definition) is 6. The van der Waals surface area contributed by atoms with Crippen LogP contribution in [0.3, 0.4) is 0 Å². The zero-order valence-corrected chi connectivity index (χ0v) is 11.1. The van der Waals surface area contributed by atoms with E-state index in [2.05, 4.69) is 15.5 Å². The summed E-state index contributed by atoms with van der Waals surface area (Å²) in [6.45, 7) is -0.126. The van der Waals surface area contributed by atoms with Crippen molar-refractivity contribution in [3.63, 3.8) is 0 Å². The van der Waals surface area contributed by atoms with Crippen LogP contribution in [0, 0.1) is 5.82 Å². The minimum atomic E-state index is -3.57. The van der Waals surface area contributed by atoms with Gasteiger partial charge in [0.2, 0.25) is 15.7 Å². The molecule has 0 fully saturated rings. The number of sulfone groups is 1. The highest BCUT2D eigenvalue weighted by atomic mass is 32.2. The van der Waals surface area contributed by atoms with E-state index in [0.717, 1.165) is 18.4 Å². The third kappa shape index (κ3) is 3.38. The van der Waals surface area contributed by atoms with Crippen LogP contribution in [-0.4, -0.2) is 30.8 Å². The maximum absolute atomic E-state index is 12.7.